The highest BCUT2D eigenvalue weighted by atomic mass is 16.1. The molecule has 6 N–H and O–H groups in total. The molecule has 0 fully saturated rings. The van der Waals surface area contributed by atoms with Gasteiger partial charge in [0.2, 0.25) is 0 Å². The molecule has 23 heavy (non-hydrogen) atoms. The normalized spacial score (nSPS) is 10.5. The second-order valence-electron chi connectivity index (χ2n) is 5.09. The molecular formula is C17H17N5O. The lowest BCUT2D eigenvalue weighted by Gasteiger charge is -2.11. The number of aromatic nitrogens is 2. The third-order valence-electron chi connectivity index (χ3n) is 3.52. The molecule has 0 bridgehead atoms. The molecule has 0 aliphatic rings. The van der Waals surface area contributed by atoms with E-state index < -0.39 is 0 Å². The predicted molar refractivity (Wildman–Crippen MR) is 90.7 cm³/mol. The minimum atomic E-state index is -0.212. The van der Waals surface area contributed by atoms with Crippen LogP contribution in [0.2, 0.25) is 0 Å². The first-order valence-electron chi connectivity index (χ1n) is 7.17. The average molecular weight is 307 g/mol. The van der Waals surface area contributed by atoms with Crippen molar-refractivity contribution < 1.29 is 4.79 Å². The van der Waals surface area contributed by atoms with Crippen LogP contribution in [0.3, 0.4) is 0 Å². The van der Waals surface area contributed by atoms with Gasteiger partial charge in [0, 0.05) is 41.4 Å². The lowest BCUT2D eigenvalue weighted by Crippen LogP contribution is -2.14. The Balaban J connectivity index is 1.90. The van der Waals surface area contributed by atoms with Crippen molar-refractivity contribution in [3.05, 3.63) is 66.0 Å². The van der Waals surface area contributed by atoms with Crippen molar-refractivity contribution in [1.82, 2.24) is 9.97 Å². The van der Waals surface area contributed by atoms with Crippen LogP contribution >= 0.6 is 0 Å². The number of aromatic amines is 1. The Bertz CT molecular complexity index is 810. The molecule has 116 valence electrons. The van der Waals surface area contributed by atoms with Crippen LogP contribution in [0.25, 0.3) is 11.4 Å². The van der Waals surface area contributed by atoms with Crippen molar-refractivity contribution in [3.8, 4) is 11.4 Å². The quantitative estimate of drug-likeness (QED) is 0.555. The molecule has 0 spiro atoms. The Morgan fingerprint density at radius 2 is 1.96 bits per heavy atom. The molecule has 6 nitrogen and oxygen atoms in total. The van der Waals surface area contributed by atoms with Gasteiger partial charge in [0.05, 0.1) is 0 Å². The van der Waals surface area contributed by atoms with E-state index in [4.69, 9.17) is 11.5 Å². The number of anilines is 2. The Labute approximate surface area is 133 Å². The molecule has 6 heteroatoms. The summed E-state index contributed by atoms with van der Waals surface area (Å²) in [7, 11) is 0. The molecule has 1 aromatic heterocycles. The van der Waals surface area contributed by atoms with Crippen LogP contribution in [0.5, 0.6) is 0 Å². The van der Waals surface area contributed by atoms with Gasteiger partial charge in [-0.3, -0.25) is 4.79 Å². The fourth-order valence-corrected chi connectivity index (χ4v) is 2.27. The zero-order valence-electron chi connectivity index (χ0n) is 12.4. The number of amides is 1. The Kier molecular flexibility index (Phi) is 4.07. The van der Waals surface area contributed by atoms with E-state index in [-0.39, 0.29) is 5.91 Å². The molecule has 1 amide bonds. The van der Waals surface area contributed by atoms with Gasteiger partial charge in [-0.15, -0.1) is 0 Å². The third kappa shape index (κ3) is 3.22. The SMILES string of the molecule is NCc1ccc(-c2ncc[nH]2)cc1NC(=O)c1ccc(N)cc1. The largest absolute Gasteiger partial charge is 0.399 e. The number of nitrogens with zero attached hydrogens (tertiary/aromatic N) is 1. The fraction of sp³-hybridized carbons (Fsp3) is 0.0588. The van der Waals surface area contributed by atoms with Gasteiger partial charge in [0.15, 0.2) is 0 Å². The van der Waals surface area contributed by atoms with Gasteiger partial charge in [0.1, 0.15) is 5.82 Å². The van der Waals surface area contributed by atoms with Crippen LogP contribution in [-0.2, 0) is 6.54 Å². The minimum absolute atomic E-state index is 0.212. The summed E-state index contributed by atoms with van der Waals surface area (Å²) in [4.78, 5) is 19.6. The number of imidazole rings is 1. The molecular weight excluding hydrogens is 290 g/mol. The molecule has 0 saturated carbocycles. The standard InChI is InChI=1S/C17H17N5O/c18-10-13-2-1-12(16-20-7-8-21-16)9-15(13)22-17(23)11-3-5-14(19)6-4-11/h1-9H,10,18-19H2,(H,20,21)(H,22,23). The number of hydrogen-bond acceptors (Lipinski definition) is 4. The van der Waals surface area contributed by atoms with Gasteiger partial charge in [-0.2, -0.15) is 0 Å². The summed E-state index contributed by atoms with van der Waals surface area (Å²) in [5, 5.41) is 2.90. The highest BCUT2D eigenvalue weighted by molar-refractivity contribution is 6.05. The molecule has 3 aromatic rings. The van der Waals surface area contributed by atoms with Crippen molar-refractivity contribution >= 4 is 17.3 Å². The smallest absolute Gasteiger partial charge is 0.255 e. The second-order valence-corrected chi connectivity index (χ2v) is 5.09. The molecule has 0 atom stereocenters. The first-order valence-corrected chi connectivity index (χ1v) is 7.17. The van der Waals surface area contributed by atoms with E-state index >= 15 is 0 Å². The summed E-state index contributed by atoms with van der Waals surface area (Å²) in [6.45, 7) is 0.329. The van der Waals surface area contributed by atoms with Crippen molar-refractivity contribution in [1.29, 1.82) is 0 Å². The number of rotatable bonds is 4. The summed E-state index contributed by atoms with van der Waals surface area (Å²) in [6.07, 6.45) is 3.43. The molecule has 2 aromatic carbocycles. The maximum atomic E-state index is 12.4. The average Bonchev–Trinajstić information content (AvgIpc) is 3.10. The zero-order valence-corrected chi connectivity index (χ0v) is 12.4. The van der Waals surface area contributed by atoms with E-state index in [0.717, 1.165) is 17.0 Å². The molecule has 0 aliphatic carbocycles. The van der Waals surface area contributed by atoms with Crippen molar-refractivity contribution in [3.63, 3.8) is 0 Å². The minimum Gasteiger partial charge on any atom is -0.399 e. The van der Waals surface area contributed by atoms with Crippen molar-refractivity contribution in [2.75, 3.05) is 11.1 Å². The van der Waals surface area contributed by atoms with Crippen LogP contribution < -0.4 is 16.8 Å². The first-order chi connectivity index (χ1) is 11.2. The van der Waals surface area contributed by atoms with Gasteiger partial charge >= 0.3 is 0 Å². The van der Waals surface area contributed by atoms with Crippen LogP contribution in [-0.4, -0.2) is 15.9 Å². The van der Waals surface area contributed by atoms with Crippen molar-refractivity contribution in [2.45, 2.75) is 6.54 Å². The Morgan fingerprint density at radius 1 is 1.17 bits per heavy atom. The lowest BCUT2D eigenvalue weighted by molar-refractivity contribution is 0.102. The highest BCUT2D eigenvalue weighted by Gasteiger charge is 2.11. The maximum absolute atomic E-state index is 12.4. The molecule has 0 saturated heterocycles. The predicted octanol–water partition coefficient (Wildman–Crippen LogP) is 2.37. The number of nitrogens with one attached hydrogen (secondary N) is 2. The number of benzene rings is 2. The topological polar surface area (TPSA) is 110 Å². The summed E-state index contributed by atoms with van der Waals surface area (Å²) in [6, 6.07) is 12.4. The Hall–Kier alpha value is -3.12. The number of nitrogen functional groups attached to an aromatic ring is 1. The van der Waals surface area contributed by atoms with Gasteiger partial charge in [-0.25, -0.2) is 4.98 Å². The van der Waals surface area contributed by atoms with Crippen LogP contribution in [0, 0.1) is 0 Å². The first kappa shape index (κ1) is 14.8. The van der Waals surface area contributed by atoms with Gasteiger partial charge in [-0.1, -0.05) is 12.1 Å². The number of nitrogens with two attached hydrogens (primary N) is 2. The molecule has 3 rings (SSSR count). The number of hydrogen-bond donors (Lipinski definition) is 4. The van der Waals surface area contributed by atoms with E-state index in [2.05, 4.69) is 15.3 Å². The van der Waals surface area contributed by atoms with Crippen LogP contribution in [0.4, 0.5) is 11.4 Å². The number of carbonyl (C=O) groups is 1. The summed E-state index contributed by atoms with van der Waals surface area (Å²) in [5.74, 6) is 0.521. The highest BCUT2D eigenvalue weighted by Crippen LogP contribution is 2.24. The van der Waals surface area contributed by atoms with Crippen LogP contribution in [0.1, 0.15) is 15.9 Å². The lowest BCUT2D eigenvalue weighted by atomic mass is 10.1. The van der Waals surface area contributed by atoms with Crippen LogP contribution in [0.15, 0.2) is 54.9 Å². The molecule has 0 aliphatic heterocycles. The van der Waals surface area contributed by atoms with E-state index in [1.165, 1.54) is 0 Å². The number of carbonyl (C=O) groups excluding carboxylic acids is 1. The molecule has 0 radical (unpaired) electrons. The molecule has 1 heterocycles. The summed E-state index contributed by atoms with van der Waals surface area (Å²) < 4.78 is 0. The third-order valence-corrected chi connectivity index (χ3v) is 3.52. The Morgan fingerprint density at radius 3 is 2.61 bits per heavy atom. The van der Waals surface area contributed by atoms with Gasteiger partial charge < -0.3 is 21.8 Å². The second kappa shape index (κ2) is 6.33. The summed E-state index contributed by atoms with van der Waals surface area (Å²) >= 11 is 0. The van der Waals surface area contributed by atoms with Gasteiger partial charge in [-0.05, 0) is 35.9 Å². The van der Waals surface area contributed by atoms with E-state index in [1.807, 2.05) is 18.2 Å². The molecule has 0 unspecified atom stereocenters. The number of H-pyrrole nitrogens is 1. The summed E-state index contributed by atoms with van der Waals surface area (Å²) in [5.41, 5.74) is 14.9. The van der Waals surface area contributed by atoms with E-state index in [1.54, 1.807) is 36.7 Å². The maximum Gasteiger partial charge on any atom is 0.255 e. The van der Waals surface area contributed by atoms with Gasteiger partial charge in [0.25, 0.3) is 5.91 Å². The van der Waals surface area contributed by atoms with E-state index in [0.29, 0.717) is 23.5 Å². The zero-order chi connectivity index (χ0) is 16.2. The monoisotopic (exact) mass is 307 g/mol. The van der Waals surface area contributed by atoms with E-state index in [9.17, 15) is 4.79 Å². The van der Waals surface area contributed by atoms with Crippen molar-refractivity contribution in [2.24, 2.45) is 5.73 Å². The fourth-order valence-electron chi connectivity index (χ4n) is 2.27.